The minimum atomic E-state index is 1.11. The average Bonchev–Trinajstić information content (AvgIpc) is 2.09. The molecule has 13 heavy (non-hydrogen) atoms. The van der Waals surface area contributed by atoms with Gasteiger partial charge in [-0.25, -0.2) is 0 Å². The van der Waals surface area contributed by atoms with Crippen LogP contribution in [0.25, 0.3) is 0 Å². The summed E-state index contributed by atoms with van der Waals surface area (Å²) >= 11 is 0. The number of allylic oxidation sites excluding steroid dienone is 3. The van der Waals surface area contributed by atoms with Gasteiger partial charge < -0.3 is 4.90 Å². The summed E-state index contributed by atoms with van der Waals surface area (Å²) in [6.45, 7) is 10.4. The number of nitrogens with zero attached hydrogens (tertiary/aromatic N) is 1. The molecule has 0 fully saturated rings. The number of rotatable bonds is 2. The van der Waals surface area contributed by atoms with E-state index >= 15 is 0 Å². The Bertz CT molecular complexity index is 258. The summed E-state index contributed by atoms with van der Waals surface area (Å²) in [7, 11) is 2.17. The minimum Gasteiger partial charge on any atom is -0.302 e. The second kappa shape index (κ2) is 4.43. The first-order valence-corrected chi connectivity index (χ1v) is 4.81. The van der Waals surface area contributed by atoms with Gasteiger partial charge in [-0.3, -0.25) is 0 Å². The standard InChI is InChI=1S/C12H19N/c1-5-10(2)8-12-6-7-13(4)9-11(12)3/h5,8H,1,6-7,9H2,2-4H3/b10-8-. The van der Waals surface area contributed by atoms with Gasteiger partial charge in [0.05, 0.1) is 0 Å². The van der Waals surface area contributed by atoms with Crippen LogP contribution in [0.3, 0.4) is 0 Å². The van der Waals surface area contributed by atoms with E-state index in [-0.39, 0.29) is 0 Å². The summed E-state index contributed by atoms with van der Waals surface area (Å²) in [5.41, 5.74) is 4.25. The molecule has 0 aliphatic carbocycles. The van der Waals surface area contributed by atoms with Crippen LogP contribution in [0.2, 0.25) is 0 Å². The van der Waals surface area contributed by atoms with Gasteiger partial charge in [0.1, 0.15) is 0 Å². The molecule has 0 saturated carbocycles. The van der Waals surface area contributed by atoms with Gasteiger partial charge in [-0.2, -0.15) is 0 Å². The zero-order valence-corrected chi connectivity index (χ0v) is 8.93. The molecular weight excluding hydrogens is 158 g/mol. The van der Waals surface area contributed by atoms with Crippen molar-refractivity contribution < 1.29 is 0 Å². The zero-order valence-electron chi connectivity index (χ0n) is 8.93. The molecule has 0 amide bonds. The van der Waals surface area contributed by atoms with E-state index in [2.05, 4.69) is 38.5 Å². The summed E-state index contributed by atoms with van der Waals surface area (Å²) in [6, 6.07) is 0. The molecule has 0 atom stereocenters. The summed E-state index contributed by atoms with van der Waals surface area (Å²) in [6.07, 6.45) is 5.35. The molecule has 0 bridgehead atoms. The molecule has 0 spiro atoms. The van der Waals surface area contributed by atoms with Crippen LogP contribution in [0, 0.1) is 0 Å². The Labute approximate surface area is 81.4 Å². The lowest BCUT2D eigenvalue weighted by Gasteiger charge is -2.24. The first kappa shape index (κ1) is 10.3. The van der Waals surface area contributed by atoms with Crippen LogP contribution in [0.15, 0.2) is 35.5 Å². The fourth-order valence-corrected chi connectivity index (χ4v) is 1.64. The number of hydrogen-bond donors (Lipinski definition) is 0. The predicted molar refractivity (Wildman–Crippen MR) is 58.8 cm³/mol. The van der Waals surface area contributed by atoms with E-state index < -0.39 is 0 Å². The van der Waals surface area contributed by atoms with Gasteiger partial charge in [0.2, 0.25) is 0 Å². The van der Waals surface area contributed by atoms with E-state index in [1.807, 2.05) is 6.08 Å². The third-order valence-electron chi connectivity index (χ3n) is 2.54. The van der Waals surface area contributed by atoms with Crippen molar-refractivity contribution in [1.82, 2.24) is 4.90 Å². The highest BCUT2D eigenvalue weighted by molar-refractivity contribution is 5.33. The van der Waals surface area contributed by atoms with Gasteiger partial charge in [-0.15, -0.1) is 0 Å². The maximum Gasteiger partial charge on any atom is 0.0193 e. The Hall–Kier alpha value is -0.820. The molecule has 72 valence electrons. The lowest BCUT2D eigenvalue weighted by molar-refractivity contribution is 0.350. The van der Waals surface area contributed by atoms with Crippen molar-refractivity contribution in [2.75, 3.05) is 20.1 Å². The predicted octanol–water partition coefficient (Wildman–Crippen LogP) is 2.77. The highest BCUT2D eigenvalue weighted by Gasteiger charge is 2.10. The average molecular weight is 177 g/mol. The van der Waals surface area contributed by atoms with E-state index in [9.17, 15) is 0 Å². The third kappa shape index (κ3) is 2.85. The van der Waals surface area contributed by atoms with Crippen molar-refractivity contribution in [1.29, 1.82) is 0 Å². The van der Waals surface area contributed by atoms with E-state index in [4.69, 9.17) is 0 Å². The summed E-state index contributed by atoms with van der Waals surface area (Å²) in [5, 5.41) is 0. The summed E-state index contributed by atoms with van der Waals surface area (Å²) in [5.74, 6) is 0. The topological polar surface area (TPSA) is 3.24 Å². The molecule has 0 saturated heterocycles. The van der Waals surface area contributed by atoms with Crippen LogP contribution in [0.5, 0.6) is 0 Å². The Morgan fingerprint density at radius 1 is 1.54 bits per heavy atom. The van der Waals surface area contributed by atoms with Crippen molar-refractivity contribution in [3.63, 3.8) is 0 Å². The van der Waals surface area contributed by atoms with Gasteiger partial charge in [-0.1, -0.05) is 29.9 Å². The minimum absolute atomic E-state index is 1.11. The molecule has 1 aliphatic heterocycles. The first-order valence-electron chi connectivity index (χ1n) is 4.81. The molecule has 1 nitrogen and oxygen atoms in total. The van der Waals surface area contributed by atoms with E-state index in [1.54, 1.807) is 0 Å². The van der Waals surface area contributed by atoms with Crippen LogP contribution in [0.4, 0.5) is 0 Å². The van der Waals surface area contributed by atoms with Gasteiger partial charge in [0.15, 0.2) is 0 Å². The van der Waals surface area contributed by atoms with Crippen LogP contribution >= 0.6 is 0 Å². The molecule has 0 aromatic carbocycles. The van der Waals surface area contributed by atoms with E-state index in [1.165, 1.54) is 29.7 Å². The quantitative estimate of drug-likeness (QED) is 0.586. The van der Waals surface area contributed by atoms with Gasteiger partial charge in [-0.05, 0) is 32.9 Å². The Kier molecular flexibility index (Phi) is 3.49. The fourth-order valence-electron chi connectivity index (χ4n) is 1.64. The van der Waals surface area contributed by atoms with Crippen LogP contribution in [0.1, 0.15) is 20.3 Å². The molecule has 0 aromatic heterocycles. The van der Waals surface area contributed by atoms with Gasteiger partial charge >= 0.3 is 0 Å². The molecule has 1 heterocycles. The van der Waals surface area contributed by atoms with E-state index in [0.717, 1.165) is 6.54 Å². The molecular formula is C12H19N. The fraction of sp³-hybridized carbons (Fsp3) is 0.500. The monoisotopic (exact) mass is 177 g/mol. The van der Waals surface area contributed by atoms with Crippen molar-refractivity contribution in [2.24, 2.45) is 0 Å². The van der Waals surface area contributed by atoms with Crippen LogP contribution < -0.4 is 0 Å². The van der Waals surface area contributed by atoms with E-state index in [0.29, 0.717) is 0 Å². The molecule has 1 aliphatic rings. The lowest BCUT2D eigenvalue weighted by atomic mass is 9.99. The Morgan fingerprint density at radius 3 is 2.77 bits per heavy atom. The Balaban J connectivity index is 2.80. The van der Waals surface area contributed by atoms with Crippen molar-refractivity contribution in [2.45, 2.75) is 20.3 Å². The smallest absolute Gasteiger partial charge is 0.0193 e. The normalized spacial score (nSPS) is 20.7. The number of hydrogen-bond acceptors (Lipinski definition) is 1. The molecule has 1 heteroatoms. The molecule has 0 unspecified atom stereocenters. The maximum absolute atomic E-state index is 3.76. The van der Waals surface area contributed by atoms with Gasteiger partial charge in [0.25, 0.3) is 0 Å². The second-order valence-electron chi connectivity index (χ2n) is 3.89. The molecule has 0 radical (unpaired) electrons. The second-order valence-corrected chi connectivity index (χ2v) is 3.89. The largest absolute Gasteiger partial charge is 0.302 e. The number of likely N-dealkylation sites (N-methyl/N-ethyl adjacent to an activating group) is 1. The molecule has 1 rings (SSSR count). The SMILES string of the molecule is C=C/C(C)=C\C1=C(C)CN(C)CC1. The summed E-state index contributed by atoms with van der Waals surface area (Å²) < 4.78 is 0. The van der Waals surface area contributed by atoms with Crippen molar-refractivity contribution >= 4 is 0 Å². The zero-order chi connectivity index (χ0) is 9.84. The maximum atomic E-state index is 3.76. The highest BCUT2D eigenvalue weighted by atomic mass is 15.1. The highest BCUT2D eigenvalue weighted by Crippen LogP contribution is 2.18. The Morgan fingerprint density at radius 2 is 2.23 bits per heavy atom. The first-order chi connectivity index (χ1) is 6.13. The van der Waals surface area contributed by atoms with Crippen molar-refractivity contribution in [3.05, 3.63) is 35.5 Å². The third-order valence-corrected chi connectivity index (χ3v) is 2.54. The summed E-state index contributed by atoms with van der Waals surface area (Å²) in [4.78, 5) is 2.36. The lowest BCUT2D eigenvalue weighted by Crippen LogP contribution is -2.26. The van der Waals surface area contributed by atoms with Crippen LogP contribution in [-0.4, -0.2) is 25.0 Å². The molecule has 0 N–H and O–H groups in total. The van der Waals surface area contributed by atoms with Gasteiger partial charge in [0, 0.05) is 13.1 Å². The van der Waals surface area contributed by atoms with Crippen LogP contribution in [-0.2, 0) is 0 Å². The molecule has 0 aromatic rings. The van der Waals surface area contributed by atoms with Crippen molar-refractivity contribution in [3.8, 4) is 0 Å².